The second-order valence-corrected chi connectivity index (χ2v) is 5.67. The minimum absolute atomic E-state index is 0.0521. The van der Waals surface area contributed by atoms with Crippen molar-refractivity contribution in [3.8, 4) is 0 Å². The lowest BCUT2D eigenvalue weighted by Gasteiger charge is -2.32. The van der Waals surface area contributed by atoms with Crippen LogP contribution in [0.1, 0.15) is 38.5 Å². The molecule has 0 amide bonds. The Morgan fingerprint density at radius 1 is 1.19 bits per heavy atom. The molecule has 2 N–H and O–H groups in total. The van der Waals surface area contributed by atoms with Gasteiger partial charge in [-0.25, -0.2) is 0 Å². The summed E-state index contributed by atoms with van der Waals surface area (Å²) in [6.45, 7) is 3.66. The number of nitrogens with zero attached hydrogens (tertiary/aromatic N) is 1. The van der Waals surface area contributed by atoms with Gasteiger partial charge in [0.15, 0.2) is 0 Å². The van der Waals surface area contributed by atoms with E-state index in [4.69, 9.17) is 0 Å². The van der Waals surface area contributed by atoms with E-state index in [1.54, 1.807) is 0 Å². The molecule has 2 atom stereocenters. The quantitative estimate of drug-likeness (QED) is 0.759. The van der Waals surface area contributed by atoms with E-state index in [-0.39, 0.29) is 6.10 Å². The molecule has 1 saturated carbocycles. The van der Waals surface area contributed by atoms with Crippen LogP contribution in [0.5, 0.6) is 0 Å². The average molecular weight is 226 g/mol. The van der Waals surface area contributed by atoms with Gasteiger partial charge >= 0.3 is 0 Å². The van der Waals surface area contributed by atoms with E-state index in [0.29, 0.717) is 6.04 Å². The molecule has 2 aliphatic rings. The molecule has 1 saturated heterocycles. The SMILES string of the molecule is CN1CCC(CNC2CCCC(O)C2)CC1. The van der Waals surface area contributed by atoms with E-state index in [0.717, 1.165) is 25.3 Å². The Balaban J connectivity index is 1.63. The van der Waals surface area contributed by atoms with Crippen LogP contribution in [-0.2, 0) is 0 Å². The number of piperidine rings is 1. The summed E-state index contributed by atoms with van der Waals surface area (Å²) in [5.41, 5.74) is 0. The van der Waals surface area contributed by atoms with Gasteiger partial charge in [0.25, 0.3) is 0 Å². The molecule has 2 unspecified atom stereocenters. The fourth-order valence-electron chi connectivity index (χ4n) is 2.95. The first-order valence-corrected chi connectivity index (χ1v) is 6.84. The fourth-order valence-corrected chi connectivity index (χ4v) is 2.95. The van der Waals surface area contributed by atoms with Crippen molar-refractivity contribution in [2.45, 2.75) is 50.7 Å². The Morgan fingerprint density at radius 3 is 2.62 bits per heavy atom. The molecule has 94 valence electrons. The van der Waals surface area contributed by atoms with Crippen molar-refractivity contribution in [3.63, 3.8) is 0 Å². The van der Waals surface area contributed by atoms with Crippen molar-refractivity contribution < 1.29 is 5.11 Å². The summed E-state index contributed by atoms with van der Waals surface area (Å²) in [6, 6.07) is 0.573. The number of likely N-dealkylation sites (tertiary alicyclic amines) is 1. The van der Waals surface area contributed by atoms with E-state index in [2.05, 4.69) is 17.3 Å². The van der Waals surface area contributed by atoms with Crippen LogP contribution in [0.3, 0.4) is 0 Å². The van der Waals surface area contributed by atoms with Crippen LogP contribution in [0.4, 0.5) is 0 Å². The average Bonchev–Trinajstić information content (AvgIpc) is 2.28. The first-order valence-electron chi connectivity index (χ1n) is 6.84. The number of aliphatic hydroxyl groups is 1. The molecule has 3 heteroatoms. The summed E-state index contributed by atoms with van der Waals surface area (Å²) in [6.07, 6.45) is 7.02. The van der Waals surface area contributed by atoms with Crippen molar-refractivity contribution in [1.29, 1.82) is 0 Å². The summed E-state index contributed by atoms with van der Waals surface area (Å²) in [5, 5.41) is 13.3. The second-order valence-electron chi connectivity index (χ2n) is 5.67. The van der Waals surface area contributed by atoms with Crippen molar-refractivity contribution in [1.82, 2.24) is 10.2 Å². The lowest BCUT2D eigenvalue weighted by atomic mass is 9.91. The van der Waals surface area contributed by atoms with Crippen LogP contribution >= 0.6 is 0 Å². The molecule has 1 aliphatic heterocycles. The third-order valence-electron chi connectivity index (χ3n) is 4.18. The monoisotopic (exact) mass is 226 g/mol. The molecule has 0 aromatic carbocycles. The predicted octanol–water partition coefficient (Wildman–Crippen LogP) is 1.22. The summed E-state index contributed by atoms with van der Waals surface area (Å²) in [7, 11) is 2.21. The van der Waals surface area contributed by atoms with E-state index < -0.39 is 0 Å². The van der Waals surface area contributed by atoms with Gasteiger partial charge in [0, 0.05) is 6.04 Å². The first kappa shape index (κ1) is 12.3. The number of hydrogen-bond donors (Lipinski definition) is 2. The summed E-state index contributed by atoms with van der Waals surface area (Å²) >= 11 is 0. The molecule has 0 bridgehead atoms. The van der Waals surface area contributed by atoms with Crippen LogP contribution in [0.2, 0.25) is 0 Å². The van der Waals surface area contributed by atoms with Crippen molar-refractivity contribution in [3.05, 3.63) is 0 Å². The normalized spacial score (nSPS) is 34.1. The Kier molecular flexibility index (Phi) is 4.62. The van der Waals surface area contributed by atoms with Crippen molar-refractivity contribution in [2.75, 3.05) is 26.7 Å². The van der Waals surface area contributed by atoms with Crippen LogP contribution in [-0.4, -0.2) is 48.8 Å². The topological polar surface area (TPSA) is 35.5 Å². The zero-order valence-corrected chi connectivity index (χ0v) is 10.5. The first-order chi connectivity index (χ1) is 7.74. The van der Waals surface area contributed by atoms with Crippen LogP contribution < -0.4 is 5.32 Å². The highest BCUT2D eigenvalue weighted by atomic mass is 16.3. The molecule has 1 aliphatic carbocycles. The minimum atomic E-state index is -0.0521. The van der Waals surface area contributed by atoms with Crippen LogP contribution in [0.15, 0.2) is 0 Å². The zero-order chi connectivity index (χ0) is 11.4. The van der Waals surface area contributed by atoms with Gasteiger partial charge in [-0.3, -0.25) is 0 Å². The Labute approximate surface area is 99.2 Å². The highest BCUT2D eigenvalue weighted by Crippen LogP contribution is 2.20. The second kappa shape index (κ2) is 5.99. The molecule has 0 radical (unpaired) electrons. The number of aliphatic hydroxyl groups excluding tert-OH is 1. The van der Waals surface area contributed by atoms with E-state index in [1.165, 1.54) is 38.8 Å². The Morgan fingerprint density at radius 2 is 1.94 bits per heavy atom. The molecule has 0 aromatic rings. The summed E-state index contributed by atoms with van der Waals surface area (Å²) in [4.78, 5) is 2.42. The third kappa shape index (κ3) is 3.72. The molecule has 1 heterocycles. The van der Waals surface area contributed by atoms with Gasteiger partial charge in [0.1, 0.15) is 0 Å². The van der Waals surface area contributed by atoms with E-state index in [9.17, 15) is 5.11 Å². The maximum atomic E-state index is 9.60. The van der Waals surface area contributed by atoms with Gasteiger partial charge in [-0.05, 0) is 71.1 Å². The smallest absolute Gasteiger partial charge is 0.0555 e. The molecule has 3 nitrogen and oxygen atoms in total. The maximum Gasteiger partial charge on any atom is 0.0555 e. The highest BCUT2D eigenvalue weighted by Gasteiger charge is 2.22. The molecule has 0 aromatic heterocycles. The van der Waals surface area contributed by atoms with E-state index in [1.807, 2.05) is 0 Å². The lowest BCUT2D eigenvalue weighted by molar-refractivity contribution is 0.109. The molecule has 2 rings (SSSR count). The molecule has 16 heavy (non-hydrogen) atoms. The van der Waals surface area contributed by atoms with Crippen molar-refractivity contribution in [2.24, 2.45) is 5.92 Å². The highest BCUT2D eigenvalue weighted by molar-refractivity contribution is 4.79. The van der Waals surface area contributed by atoms with Gasteiger partial charge in [0.05, 0.1) is 6.10 Å². The Hall–Kier alpha value is -0.120. The molecular weight excluding hydrogens is 200 g/mol. The van der Waals surface area contributed by atoms with Gasteiger partial charge in [-0.1, -0.05) is 0 Å². The molecular formula is C13H26N2O. The van der Waals surface area contributed by atoms with Gasteiger partial charge in [-0.15, -0.1) is 0 Å². The zero-order valence-electron chi connectivity index (χ0n) is 10.5. The standard InChI is InChI=1S/C13H26N2O/c1-15-7-5-11(6-8-15)10-14-12-3-2-4-13(16)9-12/h11-14,16H,2-10H2,1H3. The molecule has 2 fully saturated rings. The van der Waals surface area contributed by atoms with Crippen LogP contribution in [0.25, 0.3) is 0 Å². The van der Waals surface area contributed by atoms with Gasteiger partial charge < -0.3 is 15.3 Å². The molecule has 0 spiro atoms. The van der Waals surface area contributed by atoms with Gasteiger partial charge in [-0.2, -0.15) is 0 Å². The Bertz CT molecular complexity index is 202. The van der Waals surface area contributed by atoms with Gasteiger partial charge in [0.2, 0.25) is 0 Å². The van der Waals surface area contributed by atoms with Crippen molar-refractivity contribution >= 4 is 0 Å². The van der Waals surface area contributed by atoms with Crippen LogP contribution in [0, 0.1) is 5.92 Å². The summed E-state index contributed by atoms with van der Waals surface area (Å²) < 4.78 is 0. The predicted molar refractivity (Wildman–Crippen MR) is 66.5 cm³/mol. The maximum absolute atomic E-state index is 9.60. The summed E-state index contributed by atoms with van der Waals surface area (Å²) in [5.74, 6) is 0.857. The largest absolute Gasteiger partial charge is 0.393 e. The lowest BCUT2D eigenvalue weighted by Crippen LogP contribution is -2.41. The number of nitrogens with one attached hydrogen (secondary N) is 1. The number of rotatable bonds is 3. The van der Waals surface area contributed by atoms with E-state index >= 15 is 0 Å². The fraction of sp³-hybridized carbons (Fsp3) is 1.00. The third-order valence-corrected chi connectivity index (χ3v) is 4.18. The number of hydrogen-bond acceptors (Lipinski definition) is 3. The minimum Gasteiger partial charge on any atom is -0.393 e.